The zero-order chi connectivity index (χ0) is 16.2. The van der Waals surface area contributed by atoms with E-state index in [1.54, 1.807) is 39.0 Å². The molecular weight excluding hydrogens is 280 g/mol. The summed E-state index contributed by atoms with van der Waals surface area (Å²) in [7, 11) is 0. The van der Waals surface area contributed by atoms with Gasteiger partial charge in [0, 0.05) is 5.92 Å². The van der Waals surface area contributed by atoms with Gasteiger partial charge >= 0.3 is 6.09 Å². The van der Waals surface area contributed by atoms with Crippen LogP contribution >= 0.6 is 0 Å². The average molecular weight is 302 g/mol. The molecule has 2 rings (SSSR count). The Hall–Kier alpha value is -2.30. The summed E-state index contributed by atoms with van der Waals surface area (Å²) in [6, 6.07) is 7.08. The highest BCUT2D eigenvalue weighted by Crippen LogP contribution is 2.25. The first-order valence-corrected chi connectivity index (χ1v) is 7.40. The minimum Gasteiger partial charge on any atom is -0.444 e. The Morgan fingerprint density at radius 3 is 2.14 bits per heavy atom. The Morgan fingerprint density at radius 2 is 1.59 bits per heavy atom. The minimum absolute atomic E-state index is 0.0328. The van der Waals surface area contributed by atoms with Crippen LogP contribution in [0.2, 0.25) is 0 Å². The van der Waals surface area contributed by atoms with Crippen molar-refractivity contribution in [3.63, 3.8) is 0 Å². The van der Waals surface area contributed by atoms with Crippen molar-refractivity contribution in [2.45, 2.75) is 39.2 Å². The molecule has 0 radical (unpaired) electrons. The number of allylic oxidation sites excluding steroid dienone is 2. The van der Waals surface area contributed by atoms with E-state index in [0.717, 1.165) is 12.8 Å². The lowest BCUT2D eigenvalue weighted by atomic mass is 10.1. The molecule has 0 spiro atoms. The smallest absolute Gasteiger partial charge is 0.412 e. The molecule has 0 heterocycles. The zero-order valence-electron chi connectivity index (χ0n) is 13.2. The maximum Gasteiger partial charge on any atom is 0.412 e. The average Bonchev–Trinajstić information content (AvgIpc) is 2.92. The van der Waals surface area contributed by atoms with E-state index < -0.39 is 11.7 Å². The molecule has 22 heavy (non-hydrogen) atoms. The predicted molar refractivity (Wildman–Crippen MR) is 86.8 cm³/mol. The Bertz CT molecular complexity index is 580. The third kappa shape index (κ3) is 4.62. The van der Waals surface area contributed by atoms with Gasteiger partial charge in [0.1, 0.15) is 5.60 Å². The number of carbonyl (C=O) groups is 2. The van der Waals surface area contributed by atoms with E-state index in [1.165, 1.54) is 0 Å². The fraction of sp³-hybridized carbons (Fsp3) is 0.412. The molecule has 0 atom stereocenters. The van der Waals surface area contributed by atoms with Gasteiger partial charge in [-0.1, -0.05) is 24.3 Å². The van der Waals surface area contributed by atoms with Crippen LogP contribution in [0.25, 0.3) is 0 Å². The number of para-hydroxylation sites is 2. The van der Waals surface area contributed by atoms with Crippen molar-refractivity contribution in [1.82, 2.24) is 0 Å². The van der Waals surface area contributed by atoms with Gasteiger partial charge in [0.05, 0.1) is 11.4 Å². The Kier molecular flexibility index (Phi) is 4.85. The summed E-state index contributed by atoms with van der Waals surface area (Å²) in [4.78, 5) is 24.1. The molecule has 0 saturated heterocycles. The van der Waals surface area contributed by atoms with E-state index >= 15 is 0 Å². The number of hydrogen-bond acceptors (Lipinski definition) is 3. The topological polar surface area (TPSA) is 67.4 Å². The second-order valence-corrected chi connectivity index (χ2v) is 6.30. The van der Waals surface area contributed by atoms with Gasteiger partial charge < -0.3 is 10.1 Å². The molecule has 0 aliphatic heterocycles. The van der Waals surface area contributed by atoms with Crippen LogP contribution < -0.4 is 10.6 Å². The molecule has 5 heteroatoms. The summed E-state index contributed by atoms with van der Waals surface area (Å²) in [6.07, 6.45) is 4.99. The van der Waals surface area contributed by atoms with Gasteiger partial charge in [0.25, 0.3) is 0 Å². The van der Waals surface area contributed by atoms with Gasteiger partial charge in [0.2, 0.25) is 5.91 Å². The van der Waals surface area contributed by atoms with Crippen molar-refractivity contribution in [1.29, 1.82) is 0 Å². The Morgan fingerprint density at radius 1 is 1.05 bits per heavy atom. The second kappa shape index (κ2) is 6.64. The summed E-state index contributed by atoms with van der Waals surface area (Å²) >= 11 is 0. The van der Waals surface area contributed by atoms with Gasteiger partial charge in [-0.15, -0.1) is 0 Å². The fourth-order valence-corrected chi connectivity index (χ4v) is 2.18. The van der Waals surface area contributed by atoms with Gasteiger partial charge in [-0.25, -0.2) is 4.79 Å². The number of rotatable bonds is 3. The normalized spacial score (nSPS) is 14.7. The number of anilines is 2. The predicted octanol–water partition coefficient (Wildman–Crippen LogP) is 3.94. The third-order valence-electron chi connectivity index (χ3n) is 3.20. The molecular formula is C17H22N2O3. The summed E-state index contributed by atoms with van der Waals surface area (Å²) in [5.74, 6) is -0.0713. The molecule has 2 N–H and O–H groups in total. The molecule has 1 aromatic carbocycles. The monoisotopic (exact) mass is 302 g/mol. The first kappa shape index (κ1) is 16.1. The maximum atomic E-state index is 12.2. The number of amides is 2. The molecule has 1 aromatic rings. The number of carbonyl (C=O) groups excluding carboxylic acids is 2. The molecule has 5 nitrogen and oxygen atoms in total. The number of hydrogen-bond donors (Lipinski definition) is 2. The van der Waals surface area contributed by atoms with Gasteiger partial charge in [-0.2, -0.15) is 0 Å². The van der Waals surface area contributed by atoms with Crippen LogP contribution in [0.5, 0.6) is 0 Å². The lowest BCUT2D eigenvalue weighted by Crippen LogP contribution is -2.28. The van der Waals surface area contributed by atoms with E-state index in [4.69, 9.17) is 4.74 Å². The fourth-order valence-electron chi connectivity index (χ4n) is 2.18. The van der Waals surface area contributed by atoms with Crippen LogP contribution in [0.3, 0.4) is 0 Å². The highest BCUT2D eigenvalue weighted by atomic mass is 16.6. The van der Waals surface area contributed by atoms with Crippen molar-refractivity contribution >= 4 is 23.4 Å². The summed E-state index contributed by atoms with van der Waals surface area (Å²) in [5, 5.41) is 5.54. The molecule has 1 aliphatic carbocycles. The quantitative estimate of drug-likeness (QED) is 0.831. The molecule has 0 unspecified atom stereocenters. The molecule has 1 aliphatic rings. The minimum atomic E-state index is -0.572. The van der Waals surface area contributed by atoms with Gasteiger partial charge in [0.15, 0.2) is 0 Å². The molecule has 2 amide bonds. The molecule has 0 fully saturated rings. The van der Waals surface area contributed by atoms with E-state index in [9.17, 15) is 9.59 Å². The molecule has 118 valence electrons. The first-order chi connectivity index (χ1) is 10.3. The summed E-state index contributed by atoms with van der Waals surface area (Å²) in [5.41, 5.74) is 0.527. The zero-order valence-corrected chi connectivity index (χ0v) is 13.2. The largest absolute Gasteiger partial charge is 0.444 e. The van der Waals surface area contributed by atoms with Crippen LogP contribution in [0.4, 0.5) is 16.2 Å². The molecule has 0 aromatic heterocycles. The van der Waals surface area contributed by atoms with E-state index in [-0.39, 0.29) is 11.8 Å². The molecule has 0 bridgehead atoms. The van der Waals surface area contributed by atoms with Crippen molar-refractivity contribution in [2.24, 2.45) is 5.92 Å². The second-order valence-electron chi connectivity index (χ2n) is 6.30. The van der Waals surface area contributed by atoms with Crippen molar-refractivity contribution in [3.05, 3.63) is 36.4 Å². The van der Waals surface area contributed by atoms with Gasteiger partial charge in [-0.05, 0) is 45.7 Å². The van der Waals surface area contributed by atoms with Crippen molar-refractivity contribution in [3.8, 4) is 0 Å². The Labute approximate surface area is 130 Å². The number of nitrogens with one attached hydrogen (secondary N) is 2. The van der Waals surface area contributed by atoms with Crippen LogP contribution in [-0.4, -0.2) is 17.6 Å². The van der Waals surface area contributed by atoms with E-state index in [0.29, 0.717) is 11.4 Å². The van der Waals surface area contributed by atoms with E-state index in [2.05, 4.69) is 10.6 Å². The maximum absolute atomic E-state index is 12.2. The standard InChI is InChI=1S/C17H22N2O3/c1-17(2,3)22-16(21)19-14-11-7-6-10-13(14)18-15(20)12-8-4-5-9-12/h4-7,10-12H,8-9H2,1-3H3,(H,18,20)(H,19,21). The number of ether oxygens (including phenoxy) is 1. The van der Waals surface area contributed by atoms with Crippen LogP contribution in [-0.2, 0) is 9.53 Å². The summed E-state index contributed by atoms with van der Waals surface area (Å²) < 4.78 is 5.23. The van der Waals surface area contributed by atoms with E-state index in [1.807, 2.05) is 18.2 Å². The highest BCUT2D eigenvalue weighted by Gasteiger charge is 2.21. The molecule has 0 saturated carbocycles. The van der Waals surface area contributed by atoms with Crippen LogP contribution in [0.15, 0.2) is 36.4 Å². The van der Waals surface area contributed by atoms with Crippen molar-refractivity contribution in [2.75, 3.05) is 10.6 Å². The van der Waals surface area contributed by atoms with Crippen LogP contribution in [0.1, 0.15) is 33.6 Å². The Balaban J connectivity index is 2.03. The van der Waals surface area contributed by atoms with Gasteiger partial charge in [-0.3, -0.25) is 10.1 Å². The SMILES string of the molecule is CC(C)(C)OC(=O)Nc1ccccc1NC(=O)C1CC=CC1. The lowest BCUT2D eigenvalue weighted by molar-refractivity contribution is -0.119. The van der Waals surface area contributed by atoms with Crippen LogP contribution in [0, 0.1) is 5.92 Å². The first-order valence-electron chi connectivity index (χ1n) is 7.40. The highest BCUT2D eigenvalue weighted by molar-refractivity contribution is 5.99. The summed E-state index contributed by atoms with van der Waals surface area (Å²) in [6.45, 7) is 5.40. The van der Waals surface area contributed by atoms with Crippen molar-refractivity contribution < 1.29 is 14.3 Å². The third-order valence-corrected chi connectivity index (χ3v) is 3.20. The number of benzene rings is 1. The lowest BCUT2D eigenvalue weighted by Gasteiger charge is -2.20.